The molecule has 2 amide bonds. The Labute approximate surface area is 223 Å². The number of rotatable bonds is 15. The molecular weight excluding hydrogens is 470 g/mol. The molecule has 1 aromatic rings. The highest BCUT2D eigenvalue weighted by atomic mass is 16.5. The molecule has 37 heavy (non-hydrogen) atoms. The summed E-state index contributed by atoms with van der Waals surface area (Å²) in [5.41, 5.74) is 6.52. The summed E-state index contributed by atoms with van der Waals surface area (Å²) in [6.45, 7) is 10.7. The third-order valence-electron chi connectivity index (χ3n) is 7.42. The average Bonchev–Trinajstić information content (AvgIpc) is 2.99. The molecule has 0 spiro atoms. The summed E-state index contributed by atoms with van der Waals surface area (Å²) in [6.07, 6.45) is 4.28. The minimum atomic E-state index is -0.818. The first kappa shape index (κ1) is 31.1. The van der Waals surface area contributed by atoms with E-state index < -0.39 is 17.6 Å². The summed E-state index contributed by atoms with van der Waals surface area (Å²) in [6, 6.07) is 6.76. The van der Waals surface area contributed by atoms with Gasteiger partial charge in [-0.25, -0.2) is 0 Å². The highest BCUT2D eigenvalue weighted by Gasteiger charge is 2.35. The summed E-state index contributed by atoms with van der Waals surface area (Å²) in [4.78, 5) is 27.7. The van der Waals surface area contributed by atoms with E-state index in [2.05, 4.69) is 19.2 Å². The number of nitrogens with two attached hydrogens (primary N) is 1. The molecule has 1 heterocycles. The number of hydrogen-bond donors (Lipinski definition) is 3. The number of ether oxygens (including phenoxy) is 2. The molecular formula is C29H49N3O5. The van der Waals surface area contributed by atoms with Gasteiger partial charge in [-0.2, -0.15) is 0 Å². The van der Waals surface area contributed by atoms with Gasteiger partial charge in [-0.3, -0.25) is 9.59 Å². The van der Waals surface area contributed by atoms with E-state index in [4.69, 9.17) is 15.2 Å². The third-order valence-corrected chi connectivity index (χ3v) is 7.42. The number of methoxy groups -OCH3 is 1. The molecule has 0 unspecified atom stereocenters. The number of likely N-dealkylation sites (tertiary alicyclic amines) is 1. The highest BCUT2D eigenvalue weighted by molar-refractivity contribution is 5.96. The van der Waals surface area contributed by atoms with Gasteiger partial charge in [-0.1, -0.05) is 46.2 Å². The molecule has 1 aliphatic heterocycles. The molecule has 1 aromatic carbocycles. The van der Waals surface area contributed by atoms with E-state index in [9.17, 15) is 14.7 Å². The zero-order chi connectivity index (χ0) is 27.4. The van der Waals surface area contributed by atoms with Crippen LogP contribution in [0.15, 0.2) is 24.3 Å². The maximum absolute atomic E-state index is 13.0. The van der Waals surface area contributed by atoms with E-state index in [-0.39, 0.29) is 30.2 Å². The zero-order valence-electron chi connectivity index (χ0n) is 23.5. The van der Waals surface area contributed by atoms with Gasteiger partial charge in [0.05, 0.1) is 18.3 Å². The van der Waals surface area contributed by atoms with Crippen LogP contribution in [-0.4, -0.2) is 73.9 Å². The Bertz CT molecular complexity index is 845. The normalized spacial score (nSPS) is 18.3. The molecule has 0 bridgehead atoms. The number of nitrogens with zero attached hydrogens (tertiary/aromatic N) is 1. The molecule has 0 saturated carbocycles. The summed E-state index contributed by atoms with van der Waals surface area (Å²) in [5, 5.41) is 13.9. The van der Waals surface area contributed by atoms with Gasteiger partial charge in [0.15, 0.2) is 0 Å². The minimum Gasteiger partial charge on any atom is -0.493 e. The van der Waals surface area contributed by atoms with Crippen molar-refractivity contribution in [3.63, 3.8) is 0 Å². The number of aliphatic hydroxyl groups is 1. The molecule has 1 aliphatic rings. The van der Waals surface area contributed by atoms with Crippen molar-refractivity contribution < 1.29 is 24.2 Å². The molecule has 4 N–H and O–H groups in total. The second-order valence-corrected chi connectivity index (χ2v) is 11.3. The van der Waals surface area contributed by atoms with Crippen molar-refractivity contribution in [3.8, 4) is 5.75 Å². The first-order chi connectivity index (χ1) is 17.6. The predicted octanol–water partition coefficient (Wildman–Crippen LogP) is 3.61. The quantitative estimate of drug-likeness (QED) is 0.305. The lowest BCUT2D eigenvalue weighted by Crippen LogP contribution is -2.49. The van der Waals surface area contributed by atoms with Crippen LogP contribution in [0.2, 0.25) is 0 Å². The third kappa shape index (κ3) is 9.91. The van der Waals surface area contributed by atoms with Gasteiger partial charge in [0.2, 0.25) is 5.91 Å². The van der Waals surface area contributed by atoms with E-state index in [0.717, 1.165) is 32.1 Å². The second kappa shape index (κ2) is 15.3. The predicted molar refractivity (Wildman–Crippen MR) is 147 cm³/mol. The summed E-state index contributed by atoms with van der Waals surface area (Å²) >= 11 is 0. The Balaban J connectivity index is 1.92. The van der Waals surface area contributed by atoms with Crippen molar-refractivity contribution in [2.45, 2.75) is 78.4 Å². The molecule has 1 fully saturated rings. The Morgan fingerprint density at radius 3 is 2.59 bits per heavy atom. The van der Waals surface area contributed by atoms with Crippen LogP contribution in [-0.2, 0) is 9.53 Å². The lowest BCUT2D eigenvalue weighted by molar-refractivity contribution is -0.141. The topological polar surface area (TPSA) is 114 Å². The van der Waals surface area contributed by atoms with E-state index in [1.165, 1.54) is 0 Å². The van der Waals surface area contributed by atoms with Gasteiger partial charge in [0, 0.05) is 44.8 Å². The number of benzene rings is 1. The average molecular weight is 520 g/mol. The fourth-order valence-electron chi connectivity index (χ4n) is 4.77. The van der Waals surface area contributed by atoms with Gasteiger partial charge in [-0.15, -0.1) is 0 Å². The van der Waals surface area contributed by atoms with Crippen molar-refractivity contribution in [2.24, 2.45) is 23.0 Å². The second-order valence-electron chi connectivity index (χ2n) is 11.3. The van der Waals surface area contributed by atoms with Crippen LogP contribution in [0.5, 0.6) is 5.75 Å². The number of para-hydroxylation sites is 1. The lowest BCUT2D eigenvalue weighted by atomic mass is 9.86. The van der Waals surface area contributed by atoms with Crippen molar-refractivity contribution in [1.82, 2.24) is 10.2 Å². The fourth-order valence-corrected chi connectivity index (χ4v) is 4.77. The molecule has 210 valence electrons. The van der Waals surface area contributed by atoms with Crippen molar-refractivity contribution in [2.75, 3.05) is 40.0 Å². The zero-order valence-corrected chi connectivity index (χ0v) is 23.5. The van der Waals surface area contributed by atoms with E-state index >= 15 is 0 Å². The van der Waals surface area contributed by atoms with E-state index in [0.29, 0.717) is 44.0 Å². The monoisotopic (exact) mass is 519 g/mol. The number of amides is 2. The van der Waals surface area contributed by atoms with Crippen LogP contribution in [0, 0.1) is 17.3 Å². The van der Waals surface area contributed by atoms with Gasteiger partial charge in [-0.05, 0) is 56.1 Å². The summed E-state index contributed by atoms with van der Waals surface area (Å²) in [5.74, 6) is 0.792. The minimum absolute atomic E-state index is 0.0759. The first-order valence-electron chi connectivity index (χ1n) is 13.8. The Kier molecular flexibility index (Phi) is 12.8. The largest absolute Gasteiger partial charge is 0.493 e. The van der Waals surface area contributed by atoms with Gasteiger partial charge < -0.3 is 30.5 Å². The number of nitrogens with one attached hydrogen (secondary N) is 1. The van der Waals surface area contributed by atoms with Gasteiger partial charge in [0.25, 0.3) is 5.91 Å². The number of carbonyl (C=O) groups is 2. The Morgan fingerprint density at radius 2 is 1.89 bits per heavy atom. The van der Waals surface area contributed by atoms with Crippen LogP contribution >= 0.6 is 0 Å². The smallest absolute Gasteiger partial charge is 0.255 e. The molecule has 0 radical (unpaired) electrons. The number of aliphatic hydroxyl groups excluding tert-OH is 1. The summed E-state index contributed by atoms with van der Waals surface area (Å²) in [7, 11) is 1.68. The maximum Gasteiger partial charge on any atom is 0.255 e. The highest BCUT2D eigenvalue weighted by Crippen LogP contribution is 2.30. The van der Waals surface area contributed by atoms with Crippen molar-refractivity contribution >= 4 is 11.8 Å². The Hall–Kier alpha value is -2.16. The first-order valence-corrected chi connectivity index (χ1v) is 13.8. The van der Waals surface area contributed by atoms with Gasteiger partial charge >= 0.3 is 0 Å². The molecule has 3 atom stereocenters. The van der Waals surface area contributed by atoms with Crippen LogP contribution in [0.1, 0.15) is 76.6 Å². The molecule has 0 aromatic heterocycles. The van der Waals surface area contributed by atoms with Crippen molar-refractivity contribution in [1.29, 1.82) is 0 Å². The van der Waals surface area contributed by atoms with Crippen LogP contribution in [0.4, 0.5) is 0 Å². The van der Waals surface area contributed by atoms with Crippen LogP contribution in [0.3, 0.4) is 0 Å². The SMILES string of the molecule is COCCCCOc1ccccc1C(=O)NC[C@@H](C[C@H](N)[C@@H](O)CN1CCCCC(C)(C)C1=O)C(C)C. The number of β-amino-alcohol motifs (C(OH)–C–C–N with tert-alkyl or cyclic N) is 1. The number of hydrogen-bond acceptors (Lipinski definition) is 6. The molecule has 0 aliphatic carbocycles. The summed E-state index contributed by atoms with van der Waals surface area (Å²) < 4.78 is 10.9. The Morgan fingerprint density at radius 1 is 1.19 bits per heavy atom. The van der Waals surface area contributed by atoms with E-state index in [1.54, 1.807) is 18.1 Å². The van der Waals surface area contributed by atoms with Crippen LogP contribution < -0.4 is 15.8 Å². The lowest BCUT2D eigenvalue weighted by Gasteiger charge is -2.33. The van der Waals surface area contributed by atoms with Crippen LogP contribution in [0.25, 0.3) is 0 Å². The number of unbranched alkanes of at least 4 members (excludes halogenated alkanes) is 1. The standard InChI is InChI=1S/C29H49N3O5/c1-21(2)22(18-24(30)25(33)20-32-15-9-8-14-29(3,4)28(32)35)19-31-27(34)23-12-6-7-13-26(23)37-17-11-10-16-36-5/h6-7,12-13,21-22,24-25,33H,8-11,14-20,30H2,1-5H3,(H,31,34)/t22-,24+,25+/m1/s1. The molecule has 8 nitrogen and oxygen atoms in total. The number of carbonyl (C=O) groups excluding carboxylic acids is 2. The van der Waals surface area contributed by atoms with Gasteiger partial charge in [0.1, 0.15) is 5.75 Å². The maximum atomic E-state index is 13.0. The van der Waals surface area contributed by atoms with E-state index in [1.807, 2.05) is 32.0 Å². The van der Waals surface area contributed by atoms with Crippen molar-refractivity contribution in [3.05, 3.63) is 29.8 Å². The molecule has 1 saturated heterocycles. The fraction of sp³-hybridized carbons (Fsp3) is 0.724. The molecule has 8 heteroatoms. The molecule has 2 rings (SSSR count).